The summed E-state index contributed by atoms with van der Waals surface area (Å²) >= 11 is 6.42. The highest BCUT2D eigenvalue weighted by molar-refractivity contribution is 6.34. The molecule has 0 aliphatic carbocycles. The Kier molecular flexibility index (Phi) is 13.0. The fourth-order valence-corrected chi connectivity index (χ4v) is 6.03. The topological polar surface area (TPSA) is 162 Å². The summed E-state index contributed by atoms with van der Waals surface area (Å²) < 4.78 is 5.43. The highest BCUT2D eigenvalue weighted by atomic mass is 35.5. The lowest BCUT2D eigenvalue weighted by Gasteiger charge is -2.32. The molecule has 3 heterocycles. The van der Waals surface area contributed by atoms with E-state index in [1.807, 2.05) is 51.1 Å². The minimum Gasteiger partial charge on any atom is -0.460 e. The number of ether oxygens (including phenoxy) is 1. The molecule has 276 valence electrons. The Morgan fingerprint density at radius 2 is 1.75 bits per heavy atom. The number of rotatable bonds is 14. The zero-order chi connectivity index (χ0) is 37.3. The number of nitrogens with one attached hydrogen (secondary N) is 4. The summed E-state index contributed by atoms with van der Waals surface area (Å²) in [4.78, 5) is 68.4. The van der Waals surface area contributed by atoms with Crippen molar-refractivity contribution >= 4 is 52.1 Å². The molecule has 0 bridgehead atoms. The van der Waals surface area contributed by atoms with Crippen LogP contribution in [0.2, 0.25) is 5.02 Å². The van der Waals surface area contributed by atoms with Gasteiger partial charge in [0.2, 0.25) is 5.95 Å². The number of fused-ring (bicyclic) bond motifs is 1. The maximum absolute atomic E-state index is 13.5. The molecule has 0 saturated carbocycles. The molecule has 4 N–H and O–H groups in total. The van der Waals surface area contributed by atoms with E-state index in [0.29, 0.717) is 36.4 Å². The van der Waals surface area contributed by atoms with Crippen LogP contribution < -0.4 is 21.5 Å². The molecule has 1 unspecified atom stereocenters. The lowest BCUT2D eigenvalue weighted by Crippen LogP contribution is -2.44. The molecule has 2 amide bonds. The van der Waals surface area contributed by atoms with E-state index in [0.717, 1.165) is 44.7 Å². The number of hydrogen-bond acceptors (Lipinski definition) is 10. The van der Waals surface area contributed by atoms with E-state index >= 15 is 0 Å². The van der Waals surface area contributed by atoms with Crippen LogP contribution in [0.5, 0.6) is 0 Å². The first-order chi connectivity index (χ1) is 24.8. The summed E-state index contributed by atoms with van der Waals surface area (Å²) in [6.07, 6.45) is 3.68. The molecule has 52 heavy (non-hydrogen) atoms. The molecule has 5 rings (SSSR count). The van der Waals surface area contributed by atoms with Crippen LogP contribution in [0.4, 0.5) is 11.6 Å². The van der Waals surface area contributed by atoms with Crippen molar-refractivity contribution < 1.29 is 19.1 Å². The first-order valence-electron chi connectivity index (χ1n) is 17.6. The number of likely N-dealkylation sites (N-methyl/N-ethyl adjacent to an activating group) is 1. The minimum absolute atomic E-state index is 0.160. The molecule has 14 heteroatoms. The Bertz CT molecular complexity index is 1920. The number of halogens is 1. The van der Waals surface area contributed by atoms with E-state index in [-0.39, 0.29) is 40.3 Å². The molecule has 1 aliphatic heterocycles. The Morgan fingerprint density at radius 1 is 1.00 bits per heavy atom. The quantitative estimate of drug-likeness (QED) is 0.0996. The van der Waals surface area contributed by atoms with Crippen molar-refractivity contribution in [1.29, 1.82) is 0 Å². The van der Waals surface area contributed by atoms with Gasteiger partial charge in [0, 0.05) is 56.3 Å². The first-order valence-corrected chi connectivity index (χ1v) is 18.0. The molecular formula is C38H47ClN8O5. The number of amides is 2. The van der Waals surface area contributed by atoms with Crippen molar-refractivity contribution in [1.82, 2.24) is 30.1 Å². The fraction of sp³-hybridized carbons (Fsp3) is 0.421. The number of benzene rings is 2. The zero-order valence-corrected chi connectivity index (χ0v) is 30.9. The number of H-pyrrole nitrogens is 1. The molecule has 2 aromatic carbocycles. The third kappa shape index (κ3) is 11.1. The second-order valence-electron chi connectivity index (χ2n) is 14.0. The van der Waals surface area contributed by atoms with E-state index in [1.165, 1.54) is 18.2 Å². The molecule has 2 aromatic heterocycles. The average Bonchev–Trinajstić information content (AvgIpc) is 3.10. The van der Waals surface area contributed by atoms with Crippen molar-refractivity contribution in [3.8, 4) is 0 Å². The van der Waals surface area contributed by atoms with E-state index in [4.69, 9.17) is 16.3 Å². The Hall–Kier alpha value is -4.85. The number of pyridine rings is 1. The molecule has 0 radical (unpaired) electrons. The van der Waals surface area contributed by atoms with Crippen LogP contribution in [0.1, 0.15) is 78.8 Å². The number of carbonyl (C=O) groups is 3. The molecule has 13 nitrogen and oxygen atoms in total. The van der Waals surface area contributed by atoms with Gasteiger partial charge in [-0.05, 0) is 83.5 Å². The van der Waals surface area contributed by atoms with Gasteiger partial charge in [-0.3, -0.25) is 19.2 Å². The van der Waals surface area contributed by atoms with Crippen molar-refractivity contribution in [2.75, 3.05) is 56.9 Å². The van der Waals surface area contributed by atoms with Crippen LogP contribution in [-0.2, 0) is 9.53 Å². The molecule has 1 aliphatic rings. The second kappa shape index (κ2) is 17.6. The molecular weight excluding hydrogens is 684 g/mol. The molecule has 4 aromatic rings. The summed E-state index contributed by atoms with van der Waals surface area (Å²) in [5, 5.41) is 9.59. The van der Waals surface area contributed by atoms with Crippen molar-refractivity contribution in [2.45, 2.75) is 58.1 Å². The van der Waals surface area contributed by atoms with E-state index in [1.54, 1.807) is 12.3 Å². The van der Waals surface area contributed by atoms with Gasteiger partial charge in [-0.1, -0.05) is 41.9 Å². The summed E-state index contributed by atoms with van der Waals surface area (Å²) in [5.74, 6) is -1.02. The smallest absolute Gasteiger partial charge is 0.306 e. The summed E-state index contributed by atoms with van der Waals surface area (Å²) in [5.41, 5.74) is 0.217. The lowest BCUT2D eigenvalue weighted by molar-refractivity contribution is -0.154. The Balaban J connectivity index is 1.21. The predicted molar refractivity (Wildman–Crippen MR) is 203 cm³/mol. The van der Waals surface area contributed by atoms with Gasteiger partial charge >= 0.3 is 5.97 Å². The van der Waals surface area contributed by atoms with Crippen molar-refractivity contribution in [3.05, 3.63) is 92.9 Å². The number of aromatic amines is 1. The highest BCUT2D eigenvalue weighted by Gasteiger charge is 2.21. The van der Waals surface area contributed by atoms with Gasteiger partial charge in [0.1, 0.15) is 16.8 Å². The minimum atomic E-state index is -0.710. The summed E-state index contributed by atoms with van der Waals surface area (Å²) in [6.45, 7) is 11.4. The number of hydrogen-bond donors (Lipinski definition) is 4. The number of piperazine rings is 1. The number of aromatic nitrogens is 3. The summed E-state index contributed by atoms with van der Waals surface area (Å²) in [7, 11) is 2.13. The van der Waals surface area contributed by atoms with Crippen molar-refractivity contribution in [2.24, 2.45) is 0 Å². The van der Waals surface area contributed by atoms with Crippen LogP contribution in [0.15, 0.2) is 65.6 Å². The van der Waals surface area contributed by atoms with Crippen LogP contribution >= 0.6 is 11.6 Å². The Labute approximate surface area is 308 Å². The van der Waals surface area contributed by atoms with Gasteiger partial charge in [0.25, 0.3) is 17.4 Å². The Morgan fingerprint density at radius 3 is 2.48 bits per heavy atom. The van der Waals surface area contributed by atoms with E-state index in [2.05, 4.69) is 47.7 Å². The number of nitrogens with zero attached hydrogens (tertiary/aromatic N) is 4. The monoisotopic (exact) mass is 730 g/mol. The molecule has 1 atom stereocenters. The maximum atomic E-state index is 13.5. The highest BCUT2D eigenvalue weighted by Crippen LogP contribution is 2.26. The van der Waals surface area contributed by atoms with E-state index < -0.39 is 23.0 Å². The van der Waals surface area contributed by atoms with Gasteiger partial charge in [-0.25, -0.2) is 4.98 Å². The molecule has 1 fully saturated rings. The number of anilines is 2. The maximum Gasteiger partial charge on any atom is 0.306 e. The third-order valence-corrected chi connectivity index (χ3v) is 8.98. The SMILES string of the molecule is CN1CCN(CCCNc2ncc3cc(C(=O)Nc4cc(C(=O)NC(CCCC(=O)OC(C)(C)C)c5ccccc5)ccc4Cl)c(=O)[nH]c3n2)CC1. The lowest BCUT2D eigenvalue weighted by atomic mass is 10.00. The number of esters is 1. The van der Waals surface area contributed by atoms with Gasteiger partial charge < -0.3 is 35.5 Å². The molecule has 0 spiro atoms. The van der Waals surface area contributed by atoms with Gasteiger partial charge in [0.15, 0.2) is 0 Å². The van der Waals surface area contributed by atoms with Crippen LogP contribution in [0.25, 0.3) is 11.0 Å². The normalized spacial score (nSPS) is 14.5. The first kappa shape index (κ1) is 38.4. The number of carbonyl (C=O) groups excluding carboxylic acids is 3. The van der Waals surface area contributed by atoms with Gasteiger partial charge in [-0.15, -0.1) is 0 Å². The van der Waals surface area contributed by atoms with Gasteiger partial charge in [0.05, 0.1) is 16.8 Å². The van der Waals surface area contributed by atoms with Crippen LogP contribution in [0.3, 0.4) is 0 Å². The van der Waals surface area contributed by atoms with E-state index in [9.17, 15) is 19.2 Å². The largest absolute Gasteiger partial charge is 0.460 e. The average molecular weight is 731 g/mol. The third-order valence-electron chi connectivity index (χ3n) is 8.65. The fourth-order valence-electron chi connectivity index (χ4n) is 5.87. The second-order valence-corrected chi connectivity index (χ2v) is 14.4. The van der Waals surface area contributed by atoms with Gasteiger partial charge in [-0.2, -0.15) is 4.98 Å². The van der Waals surface area contributed by atoms with Crippen molar-refractivity contribution in [3.63, 3.8) is 0 Å². The zero-order valence-electron chi connectivity index (χ0n) is 30.1. The predicted octanol–water partition coefficient (Wildman–Crippen LogP) is 5.26. The summed E-state index contributed by atoms with van der Waals surface area (Å²) in [6, 6.07) is 15.0. The molecule has 1 saturated heterocycles. The van der Waals surface area contributed by atoms with Crippen LogP contribution in [0, 0.1) is 0 Å². The van der Waals surface area contributed by atoms with Crippen LogP contribution in [-0.4, -0.2) is 94.5 Å². The standard InChI is InChI=1S/C38H47ClN8O5/c1-38(2,3)52-32(48)13-8-12-30(25-10-6-5-7-11-25)42-34(49)26-14-15-29(39)31(23-26)43-35(50)28-22-27-24-41-37(45-33(27)44-36(28)51)40-16-9-17-47-20-18-46(4)19-21-47/h5-7,10-11,14-15,22-24,30H,8-9,12-13,16-21H2,1-4H3,(H,42,49)(H,43,50)(H2,40,41,44,45,51).